The van der Waals surface area contributed by atoms with Crippen molar-refractivity contribution in [1.29, 1.82) is 5.26 Å². The fourth-order valence-electron chi connectivity index (χ4n) is 4.07. The lowest BCUT2D eigenvalue weighted by atomic mass is 9.74. The number of esters is 1. The summed E-state index contributed by atoms with van der Waals surface area (Å²) in [6.07, 6.45) is 1.49. The maximum absolute atomic E-state index is 11.5. The van der Waals surface area contributed by atoms with Crippen LogP contribution in [-0.4, -0.2) is 32.5 Å². The van der Waals surface area contributed by atoms with E-state index in [0.29, 0.717) is 17.1 Å². The van der Waals surface area contributed by atoms with E-state index in [1.807, 2.05) is 0 Å². The molecule has 2 aliphatic rings. The quantitative estimate of drug-likeness (QED) is 0.481. The van der Waals surface area contributed by atoms with E-state index in [0.717, 1.165) is 18.4 Å². The van der Waals surface area contributed by atoms with Crippen LogP contribution in [-0.2, 0) is 9.53 Å². The van der Waals surface area contributed by atoms with E-state index in [-0.39, 0.29) is 35.7 Å². The summed E-state index contributed by atoms with van der Waals surface area (Å²) in [5.74, 6) is 0.0246. The molecule has 1 fully saturated rings. The SMILES string of the molecule is CCCC1NNC2OC(N)=C(C#N)C(c3cc(OC)c(OC(C)=O)c(OC)c3)C12. The molecule has 2 aliphatic heterocycles. The minimum absolute atomic E-state index is 0.0779. The summed E-state index contributed by atoms with van der Waals surface area (Å²) in [5.41, 5.74) is 13.6. The van der Waals surface area contributed by atoms with Crippen molar-refractivity contribution in [1.82, 2.24) is 10.9 Å². The van der Waals surface area contributed by atoms with E-state index >= 15 is 0 Å². The molecule has 0 amide bonds. The van der Waals surface area contributed by atoms with Gasteiger partial charge in [0, 0.05) is 24.8 Å². The van der Waals surface area contributed by atoms with Crippen molar-refractivity contribution in [3.63, 3.8) is 0 Å². The highest BCUT2D eigenvalue weighted by atomic mass is 16.6. The van der Waals surface area contributed by atoms with Crippen LogP contribution >= 0.6 is 0 Å². The van der Waals surface area contributed by atoms with E-state index in [2.05, 4.69) is 23.8 Å². The predicted molar refractivity (Wildman–Crippen MR) is 104 cm³/mol. The second-order valence-corrected chi connectivity index (χ2v) is 7.02. The Hall–Kier alpha value is -2.96. The van der Waals surface area contributed by atoms with Crippen molar-refractivity contribution in [3.8, 4) is 23.3 Å². The number of carbonyl (C=O) groups is 1. The van der Waals surface area contributed by atoms with Gasteiger partial charge in [-0.05, 0) is 24.1 Å². The first kappa shape index (κ1) is 20.8. The molecule has 1 saturated heterocycles. The fourth-order valence-corrected chi connectivity index (χ4v) is 4.07. The van der Waals surface area contributed by atoms with Crippen LogP contribution < -0.4 is 30.8 Å². The maximum Gasteiger partial charge on any atom is 0.308 e. The second-order valence-electron chi connectivity index (χ2n) is 7.02. The lowest BCUT2D eigenvalue weighted by Crippen LogP contribution is -2.41. The largest absolute Gasteiger partial charge is 0.493 e. The van der Waals surface area contributed by atoms with Crippen molar-refractivity contribution in [2.75, 3.05) is 14.2 Å². The minimum atomic E-state index is -0.491. The summed E-state index contributed by atoms with van der Waals surface area (Å²) in [5, 5.41) is 9.82. The molecule has 0 bridgehead atoms. The van der Waals surface area contributed by atoms with Gasteiger partial charge < -0.3 is 24.7 Å². The Morgan fingerprint density at radius 1 is 1.28 bits per heavy atom. The molecule has 29 heavy (non-hydrogen) atoms. The number of allylic oxidation sites excluding steroid dienone is 1. The standard InChI is InChI=1S/C20H26N4O5/c1-5-6-13-17-16(12(9-21)19(22)29-20(17)24-23-13)11-7-14(26-3)18(28-10(2)25)15(8-11)27-4/h7-8,13,16-17,20,23-24H,5-6,22H2,1-4H3. The molecule has 2 heterocycles. The highest BCUT2D eigenvalue weighted by Crippen LogP contribution is 2.48. The Bertz CT molecular complexity index is 838. The average Bonchev–Trinajstić information content (AvgIpc) is 3.09. The van der Waals surface area contributed by atoms with Crippen LogP contribution in [0.2, 0.25) is 0 Å². The third-order valence-electron chi connectivity index (χ3n) is 5.25. The van der Waals surface area contributed by atoms with Gasteiger partial charge in [-0.1, -0.05) is 13.3 Å². The summed E-state index contributed by atoms with van der Waals surface area (Å²) in [4.78, 5) is 11.5. The lowest BCUT2D eigenvalue weighted by Gasteiger charge is -2.36. The van der Waals surface area contributed by atoms with Crippen LogP contribution in [0.4, 0.5) is 0 Å². The number of nitriles is 1. The van der Waals surface area contributed by atoms with Gasteiger partial charge >= 0.3 is 5.97 Å². The lowest BCUT2D eigenvalue weighted by molar-refractivity contribution is -0.132. The van der Waals surface area contributed by atoms with Gasteiger partial charge in [0.1, 0.15) is 6.07 Å². The van der Waals surface area contributed by atoms with E-state index in [1.165, 1.54) is 21.1 Å². The maximum atomic E-state index is 11.5. The number of hydrogen-bond acceptors (Lipinski definition) is 9. The first-order valence-electron chi connectivity index (χ1n) is 9.46. The minimum Gasteiger partial charge on any atom is -0.493 e. The molecule has 9 nitrogen and oxygen atoms in total. The number of ether oxygens (including phenoxy) is 4. The number of nitrogens with one attached hydrogen (secondary N) is 2. The molecule has 4 unspecified atom stereocenters. The van der Waals surface area contributed by atoms with Gasteiger partial charge in [-0.3, -0.25) is 10.2 Å². The van der Waals surface area contributed by atoms with Gasteiger partial charge in [0.15, 0.2) is 17.7 Å². The molecule has 156 valence electrons. The summed E-state index contributed by atoms with van der Waals surface area (Å²) >= 11 is 0. The molecule has 0 saturated carbocycles. The van der Waals surface area contributed by atoms with E-state index in [9.17, 15) is 10.1 Å². The number of hydrazine groups is 1. The summed E-state index contributed by atoms with van der Waals surface area (Å²) in [7, 11) is 2.96. The summed E-state index contributed by atoms with van der Waals surface area (Å²) < 4.78 is 21.9. The summed E-state index contributed by atoms with van der Waals surface area (Å²) in [6, 6.07) is 5.79. The molecule has 0 spiro atoms. The Morgan fingerprint density at radius 2 is 1.93 bits per heavy atom. The zero-order valence-corrected chi connectivity index (χ0v) is 16.9. The summed E-state index contributed by atoms with van der Waals surface area (Å²) in [6.45, 7) is 3.40. The predicted octanol–water partition coefficient (Wildman–Crippen LogP) is 1.66. The molecule has 4 N–H and O–H groups in total. The van der Waals surface area contributed by atoms with Crippen molar-refractivity contribution in [2.24, 2.45) is 11.7 Å². The first-order valence-corrected chi connectivity index (χ1v) is 9.46. The van der Waals surface area contributed by atoms with Crippen molar-refractivity contribution >= 4 is 5.97 Å². The molecule has 0 aromatic heterocycles. The number of fused-ring (bicyclic) bond motifs is 1. The highest BCUT2D eigenvalue weighted by molar-refractivity contribution is 5.72. The van der Waals surface area contributed by atoms with Gasteiger partial charge in [-0.15, -0.1) is 0 Å². The third kappa shape index (κ3) is 3.81. The second kappa shape index (κ2) is 8.59. The highest BCUT2D eigenvalue weighted by Gasteiger charge is 2.48. The number of nitrogens with two attached hydrogens (primary N) is 1. The first-order chi connectivity index (χ1) is 13.9. The third-order valence-corrected chi connectivity index (χ3v) is 5.25. The van der Waals surface area contributed by atoms with Crippen LogP contribution in [0.5, 0.6) is 17.2 Å². The van der Waals surface area contributed by atoms with Crippen LogP contribution in [0.25, 0.3) is 0 Å². The van der Waals surface area contributed by atoms with Crippen molar-refractivity contribution in [2.45, 2.75) is 44.9 Å². The Morgan fingerprint density at radius 3 is 2.45 bits per heavy atom. The molecule has 1 aromatic carbocycles. The zero-order valence-electron chi connectivity index (χ0n) is 16.9. The number of rotatable bonds is 6. The molecule has 0 radical (unpaired) electrons. The molecule has 0 aliphatic carbocycles. The Kier molecular flexibility index (Phi) is 6.15. The van der Waals surface area contributed by atoms with E-state index < -0.39 is 5.97 Å². The molecule has 1 aromatic rings. The monoisotopic (exact) mass is 402 g/mol. The average molecular weight is 402 g/mol. The number of methoxy groups -OCH3 is 2. The van der Waals surface area contributed by atoms with Gasteiger partial charge in [0.2, 0.25) is 11.6 Å². The topological polar surface area (TPSA) is 128 Å². The van der Waals surface area contributed by atoms with Gasteiger partial charge in [-0.25, -0.2) is 5.43 Å². The van der Waals surface area contributed by atoms with Crippen LogP contribution in [0, 0.1) is 17.2 Å². The van der Waals surface area contributed by atoms with Crippen LogP contribution in [0.1, 0.15) is 38.2 Å². The Balaban J connectivity index is 2.15. The zero-order chi connectivity index (χ0) is 21.1. The van der Waals surface area contributed by atoms with Gasteiger partial charge in [0.05, 0.1) is 19.8 Å². The Labute approximate surface area is 169 Å². The van der Waals surface area contributed by atoms with Crippen molar-refractivity contribution < 1.29 is 23.7 Å². The number of benzene rings is 1. The normalized spacial score (nSPS) is 25.6. The van der Waals surface area contributed by atoms with E-state index in [1.54, 1.807) is 12.1 Å². The fraction of sp³-hybridized carbons (Fsp3) is 0.500. The van der Waals surface area contributed by atoms with Crippen LogP contribution in [0.3, 0.4) is 0 Å². The van der Waals surface area contributed by atoms with E-state index in [4.69, 9.17) is 24.7 Å². The van der Waals surface area contributed by atoms with Gasteiger partial charge in [0.25, 0.3) is 0 Å². The molecule has 4 atom stereocenters. The van der Waals surface area contributed by atoms with Crippen molar-refractivity contribution in [3.05, 3.63) is 29.2 Å². The number of hydrogen-bond donors (Lipinski definition) is 3. The van der Waals surface area contributed by atoms with Crippen LogP contribution in [0.15, 0.2) is 23.6 Å². The number of nitrogens with zero attached hydrogens (tertiary/aromatic N) is 1. The molecule has 9 heteroatoms. The molecular formula is C20H26N4O5. The molecule has 3 rings (SSSR count). The van der Waals surface area contributed by atoms with Gasteiger partial charge in [-0.2, -0.15) is 5.26 Å². The molecular weight excluding hydrogens is 376 g/mol. The number of carbonyl (C=O) groups excluding carboxylic acids is 1. The smallest absolute Gasteiger partial charge is 0.308 e.